The van der Waals surface area contributed by atoms with E-state index in [1.54, 1.807) is 42.6 Å². The van der Waals surface area contributed by atoms with Crippen molar-refractivity contribution in [2.24, 2.45) is 5.10 Å². The van der Waals surface area contributed by atoms with Crippen LogP contribution in [0.3, 0.4) is 0 Å². The highest BCUT2D eigenvalue weighted by Crippen LogP contribution is 2.32. The van der Waals surface area contributed by atoms with Gasteiger partial charge in [-0.25, -0.2) is 0 Å². The van der Waals surface area contributed by atoms with Gasteiger partial charge in [-0.15, -0.1) is 0 Å². The van der Waals surface area contributed by atoms with E-state index in [0.29, 0.717) is 9.23 Å². The summed E-state index contributed by atoms with van der Waals surface area (Å²) in [5.41, 5.74) is 1.86. The predicted octanol–water partition coefficient (Wildman–Crippen LogP) is 4.29. The lowest BCUT2D eigenvalue weighted by Crippen LogP contribution is -2.21. The zero-order valence-electron chi connectivity index (χ0n) is 13.1. The van der Waals surface area contributed by atoms with E-state index in [2.05, 4.69) is 5.10 Å². The van der Waals surface area contributed by atoms with Crippen LogP contribution in [-0.4, -0.2) is 26.6 Å². The van der Waals surface area contributed by atoms with Crippen molar-refractivity contribution >= 4 is 52.6 Å². The van der Waals surface area contributed by atoms with Crippen molar-refractivity contribution in [3.63, 3.8) is 0 Å². The number of phenols is 1. The van der Waals surface area contributed by atoms with E-state index in [4.69, 9.17) is 12.2 Å². The van der Waals surface area contributed by atoms with E-state index in [9.17, 15) is 9.90 Å². The fourth-order valence-electron chi connectivity index (χ4n) is 2.10. The van der Waals surface area contributed by atoms with Crippen molar-refractivity contribution in [2.45, 2.75) is 0 Å². The van der Waals surface area contributed by atoms with E-state index in [1.165, 1.54) is 16.8 Å². The van der Waals surface area contributed by atoms with E-state index in [1.807, 2.05) is 36.4 Å². The van der Waals surface area contributed by atoms with Gasteiger partial charge in [0.25, 0.3) is 5.91 Å². The van der Waals surface area contributed by atoms with Crippen molar-refractivity contribution < 1.29 is 9.90 Å². The summed E-state index contributed by atoms with van der Waals surface area (Å²) in [7, 11) is 0. The van der Waals surface area contributed by atoms with E-state index in [-0.39, 0.29) is 11.7 Å². The standard InChI is InChI=1S/C19H14N2O2S2/c22-16-10-8-15(9-11-16)13-17-18(23)21(19(24)25-17)20-12-4-7-14-5-2-1-3-6-14/h1-13,22H/b7-4-,17-13+,20-12+. The van der Waals surface area contributed by atoms with Crippen LogP contribution >= 0.6 is 24.0 Å². The van der Waals surface area contributed by atoms with E-state index < -0.39 is 0 Å². The summed E-state index contributed by atoms with van der Waals surface area (Å²) in [4.78, 5) is 12.9. The Morgan fingerprint density at radius 1 is 1.04 bits per heavy atom. The second-order valence-electron chi connectivity index (χ2n) is 5.12. The Bertz CT molecular complexity index is 872. The maximum atomic E-state index is 12.4. The summed E-state index contributed by atoms with van der Waals surface area (Å²) >= 11 is 6.43. The van der Waals surface area contributed by atoms with Crippen LogP contribution < -0.4 is 0 Å². The molecule has 1 N–H and O–H groups in total. The molecule has 1 amide bonds. The number of allylic oxidation sites excluding steroid dienone is 1. The van der Waals surface area contributed by atoms with Gasteiger partial charge in [0.05, 0.1) is 4.91 Å². The molecular weight excluding hydrogens is 352 g/mol. The molecule has 0 spiro atoms. The minimum Gasteiger partial charge on any atom is -0.508 e. The molecule has 124 valence electrons. The van der Waals surface area contributed by atoms with Crippen molar-refractivity contribution in [3.8, 4) is 5.75 Å². The molecule has 0 aromatic heterocycles. The van der Waals surface area contributed by atoms with Crippen LogP contribution in [0.2, 0.25) is 0 Å². The molecule has 4 nitrogen and oxygen atoms in total. The molecule has 0 radical (unpaired) electrons. The highest BCUT2D eigenvalue weighted by Gasteiger charge is 2.31. The maximum Gasteiger partial charge on any atom is 0.286 e. The van der Waals surface area contributed by atoms with Gasteiger partial charge in [0.2, 0.25) is 0 Å². The Morgan fingerprint density at radius 3 is 2.48 bits per heavy atom. The van der Waals surface area contributed by atoms with Crippen molar-refractivity contribution in [1.82, 2.24) is 5.01 Å². The number of hydrogen-bond acceptors (Lipinski definition) is 5. The number of rotatable bonds is 4. The van der Waals surface area contributed by atoms with E-state index >= 15 is 0 Å². The molecule has 1 aliphatic heterocycles. The first-order valence-electron chi connectivity index (χ1n) is 7.46. The van der Waals surface area contributed by atoms with Gasteiger partial charge < -0.3 is 5.11 Å². The lowest BCUT2D eigenvalue weighted by atomic mass is 10.2. The van der Waals surface area contributed by atoms with Crippen molar-refractivity contribution in [1.29, 1.82) is 0 Å². The molecule has 0 aliphatic carbocycles. The van der Waals surface area contributed by atoms with Gasteiger partial charge in [0.1, 0.15) is 5.75 Å². The number of hydrogen-bond donors (Lipinski definition) is 1. The van der Waals surface area contributed by atoms with E-state index in [0.717, 1.165) is 11.1 Å². The third kappa shape index (κ3) is 4.43. The highest BCUT2D eigenvalue weighted by atomic mass is 32.2. The second-order valence-corrected chi connectivity index (χ2v) is 6.80. The zero-order valence-corrected chi connectivity index (χ0v) is 14.7. The summed E-state index contributed by atoms with van der Waals surface area (Å²) in [5, 5.41) is 14.7. The third-order valence-electron chi connectivity index (χ3n) is 3.32. The number of thioether (sulfide) groups is 1. The number of carbonyl (C=O) groups excluding carboxylic acids is 1. The topological polar surface area (TPSA) is 52.9 Å². The monoisotopic (exact) mass is 366 g/mol. The van der Waals surface area contributed by atoms with Crippen LogP contribution in [0.5, 0.6) is 5.75 Å². The Kier molecular flexibility index (Phi) is 5.42. The molecule has 0 unspecified atom stereocenters. The van der Waals surface area contributed by atoms with Gasteiger partial charge in [0.15, 0.2) is 4.32 Å². The number of hydrazone groups is 1. The lowest BCUT2D eigenvalue weighted by molar-refractivity contribution is -0.122. The van der Waals surface area contributed by atoms with Gasteiger partial charge in [-0.1, -0.05) is 60.3 Å². The van der Waals surface area contributed by atoms with Gasteiger partial charge in [0, 0.05) is 6.21 Å². The molecule has 2 aromatic rings. The SMILES string of the molecule is O=C1/C(=C\c2ccc(O)cc2)SC(=S)N1/N=C/C=C\c1ccccc1. The number of amides is 1. The largest absolute Gasteiger partial charge is 0.508 e. The second kappa shape index (κ2) is 7.92. The summed E-state index contributed by atoms with van der Waals surface area (Å²) in [6, 6.07) is 16.4. The minimum absolute atomic E-state index is 0.180. The Labute approximate surface area is 155 Å². The normalized spacial score (nSPS) is 16.6. The van der Waals surface area contributed by atoms with Gasteiger partial charge in [-0.2, -0.15) is 10.1 Å². The summed E-state index contributed by atoms with van der Waals surface area (Å²) in [6.45, 7) is 0. The first-order chi connectivity index (χ1) is 12.1. The van der Waals surface area contributed by atoms with Crippen molar-refractivity contribution in [3.05, 3.63) is 76.7 Å². The molecule has 2 aromatic carbocycles. The molecule has 3 rings (SSSR count). The lowest BCUT2D eigenvalue weighted by Gasteiger charge is -2.04. The fourth-order valence-corrected chi connectivity index (χ4v) is 3.28. The molecule has 6 heteroatoms. The molecule has 1 fully saturated rings. The van der Waals surface area contributed by atoms with Crippen LogP contribution in [0.25, 0.3) is 12.2 Å². The molecule has 1 aliphatic rings. The Hall–Kier alpha value is -2.70. The quantitative estimate of drug-likeness (QED) is 0.498. The Balaban J connectivity index is 1.70. The maximum absolute atomic E-state index is 12.4. The van der Waals surface area contributed by atoms with Crippen LogP contribution in [0, 0.1) is 0 Å². The van der Waals surface area contributed by atoms with Crippen LogP contribution in [0.4, 0.5) is 0 Å². The fraction of sp³-hybridized carbons (Fsp3) is 0. The van der Waals surface area contributed by atoms with Crippen LogP contribution in [0.15, 0.2) is 70.7 Å². The van der Waals surface area contributed by atoms with Gasteiger partial charge >= 0.3 is 0 Å². The zero-order chi connectivity index (χ0) is 17.6. The number of carbonyl (C=O) groups is 1. The van der Waals surface area contributed by atoms with Crippen LogP contribution in [-0.2, 0) is 4.79 Å². The molecule has 1 heterocycles. The number of thiocarbonyl (C=S) groups is 1. The Morgan fingerprint density at radius 2 is 1.76 bits per heavy atom. The molecular formula is C19H14N2O2S2. The predicted molar refractivity (Wildman–Crippen MR) is 107 cm³/mol. The smallest absolute Gasteiger partial charge is 0.286 e. The number of aromatic hydroxyl groups is 1. The first kappa shape index (κ1) is 17.1. The third-order valence-corrected chi connectivity index (χ3v) is 4.60. The summed E-state index contributed by atoms with van der Waals surface area (Å²) in [5.74, 6) is -0.0769. The number of phenolic OH excluding ortho intramolecular Hbond substituents is 1. The van der Waals surface area contributed by atoms with Gasteiger partial charge in [-0.3, -0.25) is 4.79 Å². The first-order valence-corrected chi connectivity index (χ1v) is 8.69. The summed E-state index contributed by atoms with van der Waals surface area (Å²) in [6.07, 6.45) is 6.93. The van der Waals surface area contributed by atoms with Gasteiger partial charge in [-0.05, 0) is 47.6 Å². The number of benzene rings is 2. The number of nitrogens with zero attached hydrogens (tertiary/aromatic N) is 2. The molecule has 0 bridgehead atoms. The van der Waals surface area contributed by atoms with Crippen molar-refractivity contribution in [2.75, 3.05) is 0 Å². The minimum atomic E-state index is -0.257. The van der Waals surface area contributed by atoms with Crippen LogP contribution in [0.1, 0.15) is 11.1 Å². The average Bonchev–Trinajstić information content (AvgIpc) is 2.88. The molecule has 25 heavy (non-hydrogen) atoms. The average molecular weight is 366 g/mol. The highest BCUT2D eigenvalue weighted by molar-refractivity contribution is 8.26. The molecule has 0 saturated carbocycles. The molecule has 0 atom stereocenters. The summed E-state index contributed by atoms with van der Waals surface area (Å²) < 4.78 is 0.388. The molecule has 1 saturated heterocycles.